The molecule has 0 unspecified atom stereocenters. The van der Waals surface area contributed by atoms with Gasteiger partial charge < -0.3 is 5.43 Å². The van der Waals surface area contributed by atoms with Crippen molar-refractivity contribution in [3.05, 3.63) is 17.8 Å². The third-order valence-corrected chi connectivity index (χ3v) is 2.30. The number of nitrogens with zero attached hydrogens (tertiary/aromatic N) is 1. The molecule has 0 saturated carbocycles. The molecule has 0 atom stereocenters. The number of hydrazine groups is 1. The Bertz CT molecular complexity index is 249. The summed E-state index contributed by atoms with van der Waals surface area (Å²) in [4.78, 5) is 5.26. The minimum Gasteiger partial charge on any atom is -0.308 e. The molecule has 0 aliphatic carbocycles. The lowest BCUT2D eigenvalue weighted by Gasteiger charge is -2.03. The van der Waals surface area contributed by atoms with E-state index in [0.717, 1.165) is 0 Å². The number of nitrogens with one attached hydrogen (secondary N) is 1. The van der Waals surface area contributed by atoms with Crippen LogP contribution in [-0.4, -0.2) is 11.2 Å². The van der Waals surface area contributed by atoms with Gasteiger partial charge in [0.2, 0.25) is 0 Å². The van der Waals surface area contributed by atoms with Gasteiger partial charge in [-0.3, -0.25) is 0 Å². The van der Waals surface area contributed by atoms with Gasteiger partial charge in [0.25, 0.3) is 0 Å². The number of thioether (sulfide) groups is 1. The molecule has 0 aliphatic heterocycles. The molecule has 0 saturated heterocycles. The molecular weight excluding hydrogens is 158 g/mol. The standard InChI is InChI=1S/C7H11N3S/c1-5-3-7(10-8)9-4-6(5)11-2/h3-4H,8H2,1-2H3,(H,9,10). The summed E-state index contributed by atoms with van der Waals surface area (Å²) < 4.78 is 0. The monoisotopic (exact) mass is 169 g/mol. The zero-order valence-corrected chi connectivity index (χ0v) is 7.40. The third-order valence-electron chi connectivity index (χ3n) is 1.43. The molecule has 0 fully saturated rings. The Kier molecular flexibility index (Phi) is 2.73. The number of pyridine rings is 1. The van der Waals surface area contributed by atoms with Crippen LogP contribution in [0.15, 0.2) is 17.2 Å². The fourth-order valence-electron chi connectivity index (χ4n) is 0.836. The summed E-state index contributed by atoms with van der Waals surface area (Å²) >= 11 is 1.68. The van der Waals surface area contributed by atoms with Crippen molar-refractivity contribution in [1.82, 2.24) is 4.98 Å². The summed E-state index contributed by atoms with van der Waals surface area (Å²) in [5.41, 5.74) is 3.69. The lowest BCUT2D eigenvalue weighted by Crippen LogP contribution is -2.08. The van der Waals surface area contributed by atoms with Crippen LogP contribution in [0.25, 0.3) is 0 Å². The number of nitrogen functional groups attached to an aromatic ring is 1. The quantitative estimate of drug-likeness (QED) is 0.399. The molecule has 1 aromatic rings. The Morgan fingerprint density at radius 3 is 2.82 bits per heavy atom. The van der Waals surface area contributed by atoms with Crippen LogP contribution in [0.1, 0.15) is 5.56 Å². The van der Waals surface area contributed by atoms with Crippen molar-refractivity contribution in [3.63, 3.8) is 0 Å². The van der Waals surface area contributed by atoms with E-state index >= 15 is 0 Å². The number of aromatic nitrogens is 1. The van der Waals surface area contributed by atoms with Gasteiger partial charge in [0, 0.05) is 11.1 Å². The van der Waals surface area contributed by atoms with Crippen molar-refractivity contribution in [2.24, 2.45) is 5.84 Å². The van der Waals surface area contributed by atoms with Gasteiger partial charge in [0.1, 0.15) is 5.82 Å². The van der Waals surface area contributed by atoms with Crippen LogP contribution in [0.4, 0.5) is 5.82 Å². The Hall–Kier alpha value is -0.740. The Morgan fingerprint density at radius 1 is 1.64 bits per heavy atom. The van der Waals surface area contributed by atoms with Gasteiger partial charge in [-0.2, -0.15) is 0 Å². The first-order valence-electron chi connectivity index (χ1n) is 3.25. The molecule has 11 heavy (non-hydrogen) atoms. The minimum atomic E-state index is 0.709. The molecule has 3 N–H and O–H groups in total. The van der Waals surface area contributed by atoms with Crippen molar-refractivity contribution >= 4 is 17.6 Å². The SMILES string of the molecule is CSc1cnc(NN)cc1C. The Balaban J connectivity index is 2.99. The number of hydrogen-bond acceptors (Lipinski definition) is 4. The second kappa shape index (κ2) is 3.59. The van der Waals surface area contributed by atoms with Gasteiger partial charge in [-0.05, 0) is 24.8 Å². The molecule has 0 radical (unpaired) electrons. The highest BCUT2D eigenvalue weighted by Crippen LogP contribution is 2.19. The van der Waals surface area contributed by atoms with Crippen LogP contribution in [0.2, 0.25) is 0 Å². The highest BCUT2D eigenvalue weighted by atomic mass is 32.2. The first-order valence-corrected chi connectivity index (χ1v) is 4.47. The molecule has 0 aliphatic rings. The lowest BCUT2D eigenvalue weighted by atomic mass is 10.3. The maximum absolute atomic E-state index is 5.19. The second-order valence-corrected chi connectivity index (χ2v) is 3.03. The molecule has 3 nitrogen and oxygen atoms in total. The lowest BCUT2D eigenvalue weighted by molar-refractivity contribution is 1.15. The van der Waals surface area contributed by atoms with E-state index in [1.165, 1.54) is 10.5 Å². The van der Waals surface area contributed by atoms with E-state index in [0.29, 0.717) is 5.82 Å². The zero-order chi connectivity index (χ0) is 8.27. The predicted octanol–water partition coefficient (Wildman–Crippen LogP) is 1.40. The van der Waals surface area contributed by atoms with Gasteiger partial charge in [-0.25, -0.2) is 10.8 Å². The fraction of sp³-hybridized carbons (Fsp3) is 0.286. The van der Waals surface area contributed by atoms with E-state index in [4.69, 9.17) is 5.84 Å². The summed E-state index contributed by atoms with van der Waals surface area (Å²) in [5, 5.41) is 0. The van der Waals surface area contributed by atoms with Gasteiger partial charge in [-0.1, -0.05) is 0 Å². The van der Waals surface area contributed by atoms with Crippen LogP contribution in [0, 0.1) is 6.92 Å². The fourth-order valence-corrected chi connectivity index (χ4v) is 1.38. The summed E-state index contributed by atoms with van der Waals surface area (Å²) in [6.45, 7) is 2.04. The minimum absolute atomic E-state index is 0.709. The first kappa shape index (κ1) is 8.36. The molecular formula is C7H11N3S. The number of nitrogens with two attached hydrogens (primary N) is 1. The third kappa shape index (κ3) is 1.85. The van der Waals surface area contributed by atoms with E-state index in [1.807, 2.05) is 25.4 Å². The van der Waals surface area contributed by atoms with Gasteiger partial charge in [0.15, 0.2) is 0 Å². The van der Waals surface area contributed by atoms with E-state index in [2.05, 4.69) is 10.4 Å². The summed E-state index contributed by atoms with van der Waals surface area (Å²) in [6.07, 6.45) is 3.84. The van der Waals surface area contributed by atoms with Gasteiger partial charge in [0.05, 0.1) is 0 Å². The molecule has 0 amide bonds. The van der Waals surface area contributed by atoms with E-state index in [9.17, 15) is 0 Å². The van der Waals surface area contributed by atoms with Crippen molar-refractivity contribution in [2.75, 3.05) is 11.7 Å². The highest BCUT2D eigenvalue weighted by molar-refractivity contribution is 7.98. The average molecular weight is 169 g/mol. The molecule has 0 aromatic carbocycles. The molecule has 0 spiro atoms. The van der Waals surface area contributed by atoms with E-state index in [-0.39, 0.29) is 0 Å². The topological polar surface area (TPSA) is 50.9 Å². The maximum atomic E-state index is 5.19. The zero-order valence-electron chi connectivity index (χ0n) is 6.59. The van der Waals surface area contributed by atoms with Crippen molar-refractivity contribution < 1.29 is 0 Å². The Labute approximate surface area is 70.4 Å². The van der Waals surface area contributed by atoms with Crippen molar-refractivity contribution in [2.45, 2.75) is 11.8 Å². The van der Waals surface area contributed by atoms with Crippen molar-refractivity contribution in [3.8, 4) is 0 Å². The van der Waals surface area contributed by atoms with Gasteiger partial charge in [-0.15, -0.1) is 11.8 Å². The second-order valence-electron chi connectivity index (χ2n) is 2.18. The number of aryl methyl sites for hydroxylation is 1. The van der Waals surface area contributed by atoms with Crippen LogP contribution >= 0.6 is 11.8 Å². The predicted molar refractivity (Wildman–Crippen MR) is 48.6 cm³/mol. The first-order chi connectivity index (χ1) is 5.27. The van der Waals surface area contributed by atoms with Crippen LogP contribution in [-0.2, 0) is 0 Å². The normalized spacial score (nSPS) is 9.73. The van der Waals surface area contributed by atoms with E-state index in [1.54, 1.807) is 11.8 Å². The highest BCUT2D eigenvalue weighted by Gasteiger charge is 1.97. The number of anilines is 1. The molecule has 1 rings (SSSR count). The van der Waals surface area contributed by atoms with Gasteiger partial charge >= 0.3 is 0 Å². The van der Waals surface area contributed by atoms with Crippen LogP contribution in [0.5, 0.6) is 0 Å². The molecule has 0 bridgehead atoms. The maximum Gasteiger partial charge on any atom is 0.140 e. The summed E-state index contributed by atoms with van der Waals surface area (Å²) in [6, 6.07) is 1.92. The van der Waals surface area contributed by atoms with E-state index < -0.39 is 0 Å². The molecule has 4 heteroatoms. The Morgan fingerprint density at radius 2 is 2.36 bits per heavy atom. The molecule has 60 valence electrons. The average Bonchev–Trinajstić information content (AvgIpc) is 2.04. The number of hydrogen-bond donors (Lipinski definition) is 2. The van der Waals surface area contributed by atoms with Crippen LogP contribution in [0.3, 0.4) is 0 Å². The number of rotatable bonds is 2. The smallest absolute Gasteiger partial charge is 0.140 e. The summed E-state index contributed by atoms with van der Waals surface area (Å²) in [5.74, 6) is 5.90. The molecule has 1 heterocycles. The van der Waals surface area contributed by atoms with Crippen molar-refractivity contribution in [1.29, 1.82) is 0 Å². The molecule has 1 aromatic heterocycles. The van der Waals surface area contributed by atoms with Crippen LogP contribution < -0.4 is 11.3 Å². The summed E-state index contributed by atoms with van der Waals surface area (Å²) in [7, 11) is 0. The largest absolute Gasteiger partial charge is 0.308 e.